The summed E-state index contributed by atoms with van der Waals surface area (Å²) in [6.45, 7) is 0.471. The number of aromatic nitrogens is 1. The van der Waals surface area contributed by atoms with E-state index in [9.17, 15) is 9.59 Å². The molecule has 4 rings (SSSR count). The first kappa shape index (κ1) is 15.9. The Morgan fingerprint density at radius 3 is 2.77 bits per heavy atom. The molecule has 0 saturated carbocycles. The smallest absolute Gasteiger partial charge is 0.338 e. The van der Waals surface area contributed by atoms with Crippen LogP contribution in [-0.4, -0.2) is 29.5 Å². The van der Waals surface area contributed by atoms with Gasteiger partial charge < -0.3 is 14.6 Å². The number of amides is 1. The molecule has 26 heavy (non-hydrogen) atoms. The lowest BCUT2D eigenvalue weighted by Gasteiger charge is -2.17. The lowest BCUT2D eigenvalue weighted by molar-refractivity contribution is -0.124. The first-order chi connectivity index (χ1) is 12.7. The number of anilines is 1. The molecule has 1 saturated heterocycles. The Morgan fingerprint density at radius 1 is 1.19 bits per heavy atom. The van der Waals surface area contributed by atoms with Gasteiger partial charge in [0.2, 0.25) is 0 Å². The Kier molecular flexibility index (Phi) is 3.90. The van der Waals surface area contributed by atoms with Crippen molar-refractivity contribution in [2.45, 2.75) is 12.5 Å². The van der Waals surface area contributed by atoms with E-state index >= 15 is 0 Å². The quantitative estimate of drug-likeness (QED) is 0.739. The van der Waals surface area contributed by atoms with Gasteiger partial charge in [-0.2, -0.15) is 5.26 Å². The number of H-pyrrole nitrogens is 1. The van der Waals surface area contributed by atoms with Crippen molar-refractivity contribution >= 4 is 28.5 Å². The summed E-state index contributed by atoms with van der Waals surface area (Å²) >= 11 is 0. The second-order valence-corrected chi connectivity index (χ2v) is 6.11. The zero-order valence-electron chi connectivity index (χ0n) is 13.8. The zero-order valence-corrected chi connectivity index (χ0v) is 13.8. The molecule has 0 spiro atoms. The van der Waals surface area contributed by atoms with Crippen molar-refractivity contribution in [1.29, 1.82) is 5.26 Å². The van der Waals surface area contributed by atoms with E-state index in [0.717, 1.165) is 10.9 Å². The van der Waals surface area contributed by atoms with Gasteiger partial charge in [0.25, 0.3) is 5.91 Å². The molecule has 1 aromatic heterocycles. The molecule has 1 fully saturated rings. The maximum Gasteiger partial charge on any atom is 0.338 e. The van der Waals surface area contributed by atoms with Gasteiger partial charge in [-0.25, -0.2) is 4.79 Å². The van der Waals surface area contributed by atoms with E-state index in [4.69, 9.17) is 10.00 Å². The molecular formula is C20H15N3O3. The second kappa shape index (κ2) is 6.37. The van der Waals surface area contributed by atoms with Crippen molar-refractivity contribution < 1.29 is 14.3 Å². The number of nitriles is 1. The van der Waals surface area contributed by atoms with Crippen molar-refractivity contribution in [3.8, 4) is 6.07 Å². The van der Waals surface area contributed by atoms with Crippen LogP contribution in [0.5, 0.6) is 0 Å². The third-order valence-electron chi connectivity index (χ3n) is 4.50. The van der Waals surface area contributed by atoms with Gasteiger partial charge in [-0.15, -0.1) is 0 Å². The molecule has 6 nitrogen and oxygen atoms in total. The molecule has 0 unspecified atom stereocenters. The Hall–Kier alpha value is -3.59. The summed E-state index contributed by atoms with van der Waals surface area (Å²) in [6, 6.07) is 16.0. The SMILES string of the molecule is N#Cc1ccc(N2CC[C@@H](OC(=O)c3ccc4cc[nH]c4c3)C2=O)cc1. The van der Waals surface area contributed by atoms with Crippen molar-refractivity contribution in [3.05, 3.63) is 65.9 Å². The van der Waals surface area contributed by atoms with E-state index in [1.54, 1.807) is 47.5 Å². The molecule has 1 N–H and O–H groups in total. The Morgan fingerprint density at radius 2 is 2.00 bits per heavy atom. The number of carbonyl (C=O) groups excluding carboxylic acids is 2. The molecule has 128 valence electrons. The van der Waals surface area contributed by atoms with Gasteiger partial charge in [-0.05, 0) is 47.9 Å². The molecule has 0 radical (unpaired) electrons. The van der Waals surface area contributed by atoms with Gasteiger partial charge in [0.15, 0.2) is 6.10 Å². The number of nitrogens with one attached hydrogen (secondary N) is 1. The third kappa shape index (κ3) is 2.80. The van der Waals surface area contributed by atoms with E-state index in [2.05, 4.69) is 4.98 Å². The van der Waals surface area contributed by atoms with Gasteiger partial charge in [0.1, 0.15) is 0 Å². The summed E-state index contributed by atoms with van der Waals surface area (Å²) in [5.74, 6) is -0.759. The Labute approximate surface area is 149 Å². The number of rotatable bonds is 3. The summed E-state index contributed by atoms with van der Waals surface area (Å²) < 4.78 is 5.44. The minimum absolute atomic E-state index is 0.246. The van der Waals surface area contributed by atoms with E-state index in [-0.39, 0.29) is 5.91 Å². The molecule has 3 aromatic rings. The minimum atomic E-state index is -0.794. The number of aromatic amines is 1. The molecule has 1 amide bonds. The molecule has 0 aliphatic carbocycles. The van der Waals surface area contributed by atoms with Gasteiger partial charge in [0.05, 0.1) is 17.2 Å². The first-order valence-corrected chi connectivity index (χ1v) is 8.25. The third-order valence-corrected chi connectivity index (χ3v) is 4.50. The maximum absolute atomic E-state index is 12.6. The number of fused-ring (bicyclic) bond motifs is 1. The van der Waals surface area contributed by atoms with Gasteiger partial charge >= 0.3 is 5.97 Å². The largest absolute Gasteiger partial charge is 0.449 e. The highest BCUT2D eigenvalue weighted by atomic mass is 16.5. The Bertz CT molecular complexity index is 1030. The number of benzene rings is 2. The van der Waals surface area contributed by atoms with E-state index in [1.165, 1.54) is 0 Å². The molecule has 2 heterocycles. The van der Waals surface area contributed by atoms with Crippen LogP contribution in [-0.2, 0) is 9.53 Å². The lowest BCUT2D eigenvalue weighted by atomic mass is 10.1. The number of hydrogen-bond donors (Lipinski definition) is 1. The summed E-state index contributed by atoms with van der Waals surface area (Å²) in [5, 5.41) is 9.86. The Balaban J connectivity index is 1.47. The summed E-state index contributed by atoms with van der Waals surface area (Å²) in [6.07, 6.45) is 1.45. The number of hydrogen-bond acceptors (Lipinski definition) is 4. The molecular weight excluding hydrogens is 330 g/mol. The standard InChI is InChI=1S/C20H15N3O3/c21-12-13-1-5-16(6-2-13)23-10-8-18(19(23)24)26-20(25)15-4-3-14-7-9-22-17(14)11-15/h1-7,9,11,18,22H,8,10H2/t18-/m1/s1. The fourth-order valence-corrected chi connectivity index (χ4v) is 3.11. The fourth-order valence-electron chi connectivity index (χ4n) is 3.11. The number of esters is 1. The van der Waals surface area contributed by atoms with Crippen molar-refractivity contribution in [2.24, 2.45) is 0 Å². The van der Waals surface area contributed by atoms with Crippen LogP contribution in [0, 0.1) is 11.3 Å². The summed E-state index contributed by atoms with van der Waals surface area (Å²) in [4.78, 5) is 29.6. The topological polar surface area (TPSA) is 86.2 Å². The van der Waals surface area contributed by atoms with Crippen LogP contribution in [0.4, 0.5) is 5.69 Å². The predicted molar refractivity (Wildman–Crippen MR) is 95.6 cm³/mol. The van der Waals surface area contributed by atoms with Gasteiger partial charge in [-0.3, -0.25) is 4.79 Å². The summed E-state index contributed by atoms with van der Waals surface area (Å²) in [7, 11) is 0. The monoisotopic (exact) mass is 345 g/mol. The van der Waals surface area contributed by atoms with Crippen LogP contribution in [0.2, 0.25) is 0 Å². The number of ether oxygens (including phenoxy) is 1. The highest BCUT2D eigenvalue weighted by Gasteiger charge is 2.35. The average molecular weight is 345 g/mol. The molecule has 6 heteroatoms. The van der Waals surface area contributed by atoms with Crippen molar-refractivity contribution in [3.63, 3.8) is 0 Å². The molecule has 2 aromatic carbocycles. The van der Waals surface area contributed by atoms with Crippen LogP contribution in [0.1, 0.15) is 22.3 Å². The van der Waals surface area contributed by atoms with Gasteiger partial charge in [-0.1, -0.05) is 6.07 Å². The fraction of sp³-hybridized carbons (Fsp3) is 0.150. The van der Waals surface area contributed by atoms with Crippen molar-refractivity contribution in [1.82, 2.24) is 4.98 Å². The zero-order chi connectivity index (χ0) is 18.1. The maximum atomic E-state index is 12.6. The molecule has 1 aliphatic rings. The summed E-state index contributed by atoms with van der Waals surface area (Å²) in [5.41, 5.74) is 2.48. The first-order valence-electron chi connectivity index (χ1n) is 8.25. The van der Waals surface area contributed by atoms with Gasteiger partial charge in [0, 0.05) is 30.4 Å². The molecule has 1 atom stereocenters. The molecule has 0 bridgehead atoms. The second-order valence-electron chi connectivity index (χ2n) is 6.11. The van der Waals surface area contributed by atoms with Crippen LogP contribution in [0.15, 0.2) is 54.7 Å². The van der Waals surface area contributed by atoms with E-state index in [1.807, 2.05) is 18.2 Å². The van der Waals surface area contributed by atoms with E-state index < -0.39 is 12.1 Å². The predicted octanol–water partition coefficient (Wildman–Crippen LogP) is 3.00. The average Bonchev–Trinajstić information content (AvgIpc) is 3.28. The number of carbonyl (C=O) groups is 2. The highest BCUT2D eigenvalue weighted by molar-refractivity contribution is 6.01. The van der Waals surface area contributed by atoms with Crippen LogP contribution < -0.4 is 4.90 Å². The van der Waals surface area contributed by atoms with Crippen LogP contribution in [0.3, 0.4) is 0 Å². The lowest BCUT2D eigenvalue weighted by Crippen LogP contribution is -2.32. The minimum Gasteiger partial charge on any atom is -0.449 e. The molecule has 1 aliphatic heterocycles. The highest BCUT2D eigenvalue weighted by Crippen LogP contribution is 2.24. The normalized spacial score (nSPS) is 16.7. The van der Waals surface area contributed by atoms with Crippen LogP contribution in [0.25, 0.3) is 10.9 Å². The van der Waals surface area contributed by atoms with E-state index in [0.29, 0.717) is 29.8 Å². The van der Waals surface area contributed by atoms with Crippen molar-refractivity contribution in [2.75, 3.05) is 11.4 Å². The van der Waals surface area contributed by atoms with Crippen LogP contribution >= 0.6 is 0 Å². The number of nitrogens with zero attached hydrogens (tertiary/aromatic N) is 2.